The summed E-state index contributed by atoms with van der Waals surface area (Å²) >= 11 is 1.47. The van der Waals surface area contributed by atoms with Crippen molar-refractivity contribution in [2.75, 3.05) is 13.7 Å². The van der Waals surface area contributed by atoms with Gasteiger partial charge in [-0.2, -0.15) is 0 Å². The lowest BCUT2D eigenvalue weighted by molar-refractivity contribution is -0.133. The third-order valence-corrected chi connectivity index (χ3v) is 6.57. The summed E-state index contributed by atoms with van der Waals surface area (Å²) in [6, 6.07) is 8.15. The maximum atomic E-state index is 13.1. The van der Waals surface area contributed by atoms with Gasteiger partial charge in [-0.1, -0.05) is 43.2 Å². The third-order valence-electron chi connectivity index (χ3n) is 5.45. The summed E-state index contributed by atoms with van der Waals surface area (Å²) in [5.41, 5.74) is 0.892. The lowest BCUT2D eigenvalue weighted by Gasteiger charge is -2.35. The molecule has 28 heavy (non-hydrogen) atoms. The molecule has 0 spiro atoms. The van der Waals surface area contributed by atoms with Crippen LogP contribution in [0.25, 0.3) is 11.4 Å². The topological polar surface area (TPSA) is 60.3 Å². The van der Waals surface area contributed by atoms with Gasteiger partial charge < -0.3 is 14.2 Å². The van der Waals surface area contributed by atoms with Crippen LogP contribution in [-0.4, -0.2) is 50.5 Å². The van der Waals surface area contributed by atoms with Crippen LogP contribution in [-0.2, 0) is 11.8 Å². The number of hydrogen-bond donors (Lipinski definition) is 0. The highest BCUT2D eigenvalue weighted by Crippen LogP contribution is 2.32. The number of aromatic nitrogens is 3. The normalized spacial score (nSPS) is 16.0. The highest BCUT2D eigenvalue weighted by molar-refractivity contribution is 8.00. The first kappa shape index (κ1) is 20.7. The Kier molecular flexibility index (Phi) is 6.99. The number of amides is 1. The molecule has 0 radical (unpaired) electrons. The van der Waals surface area contributed by atoms with Gasteiger partial charge in [-0.05, 0) is 38.8 Å². The Morgan fingerprint density at radius 1 is 1.29 bits per heavy atom. The Hall–Kier alpha value is -2.02. The lowest BCUT2D eigenvalue weighted by Crippen LogP contribution is -2.44. The van der Waals surface area contributed by atoms with Gasteiger partial charge in [0.1, 0.15) is 5.75 Å². The van der Waals surface area contributed by atoms with E-state index < -0.39 is 0 Å². The summed E-state index contributed by atoms with van der Waals surface area (Å²) in [6.07, 6.45) is 5.98. The molecule has 1 fully saturated rings. The molecule has 0 N–H and O–H groups in total. The average molecular weight is 403 g/mol. The number of carbonyl (C=O) groups is 1. The van der Waals surface area contributed by atoms with E-state index >= 15 is 0 Å². The second-order valence-corrected chi connectivity index (χ2v) is 8.55. The van der Waals surface area contributed by atoms with Crippen LogP contribution in [0.5, 0.6) is 5.75 Å². The number of carbonyl (C=O) groups excluding carboxylic acids is 1. The van der Waals surface area contributed by atoms with Crippen molar-refractivity contribution in [2.45, 2.75) is 62.4 Å². The van der Waals surface area contributed by atoms with Crippen LogP contribution >= 0.6 is 11.8 Å². The zero-order valence-corrected chi connectivity index (χ0v) is 18.0. The standard InChI is InChI=1S/C21H30N4O2S/c1-5-25(16-11-7-6-8-12-16)20(26)15(2)28-21-23-22-19(24(21)3)17-13-9-10-14-18(17)27-4/h9-10,13-16H,5-8,11-12H2,1-4H3. The fourth-order valence-corrected chi connectivity index (χ4v) is 4.80. The molecule has 1 heterocycles. The molecule has 0 aliphatic heterocycles. The van der Waals surface area contributed by atoms with Crippen molar-refractivity contribution < 1.29 is 9.53 Å². The molecule has 6 nitrogen and oxygen atoms in total. The maximum Gasteiger partial charge on any atom is 0.236 e. The van der Waals surface area contributed by atoms with Gasteiger partial charge in [0.05, 0.1) is 17.9 Å². The predicted octanol–water partition coefficient (Wildman–Crippen LogP) is 4.15. The molecule has 2 aromatic rings. The minimum absolute atomic E-state index is 0.196. The van der Waals surface area contributed by atoms with Crippen molar-refractivity contribution in [3.63, 3.8) is 0 Å². The Morgan fingerprint density at radius 2 is 2.00 bits per heavy atom. The number of rotatable bonds is 7. The molecular formula is C21H30N4O2S. The van der Waals surface area contributed by atoms with Crippen LogP contribution in [0.3, 0.4) is 0 Å². The Bertz CT molecular complexity index is 801. The number of methoxy groups -OCH3 is 1. The van der Waals surface area contributed by atoms with E-state index in [1.165, 1.54) is 31.0 Å². The number of nitrogens with zero attached hydrogens (tertiary/aromatic N) is 4. The van der Waals surface area contributed by atoms with Crippen LogP contribution < -0.4 is 4.74 Å². The molecule has 7 heteroatoms. The number of thioether (sulfide) groups is 1. The molecular weight excluding hydrogens is 372 g/mol. The van der Waals surface area contributed by atoms with E-state index in [1.807, 2.05) is 42.8 Å². The van der Waals surface area contributed by atoms with E-state index in [1.54, 1.807) is 7.11 Å². The predicted molar refractivity (Wildman–Crippen MR) is 113 cm³/mol. The second-order valence-electron chi connectivity index (χ2n) is 7.24. The van der Waals surface area contributed by atoms with E-state index in [-0.39, 0.29) is 11.2 Å². The Balaban J connectivity index is 1.74. The van der Waals surface area contributed by atoms with Crippen LogP contribution in [0.2, 0.25) is 0 Å². The van der Waals surface area contributed by atoms with Gasteiger partial charge >= 0.3 is 0 Å². The SMILES string of the molecule is CCN(C(=O)C(C)Sc1nnc(-c2ccccc2OC)n1C)C1CCCCC1. The highest BCUT2D eigenvalue weighted by Gasteiger charge is 2.29. The van der Waals surface area contributed by atoms with Crippen LogP contribution in [0.1, 0.15) is 46.0 Å². The summed E-state index contributed by atoms with van der Waals surface area (Å²) in [4.78, 5) is 15.2. The zero-order valence-electron chi connectivity index (χ0n) is 17.2. The Labute approximate surface area is 171 Å². The lowest BCUT2D eigenvalue weighted by atomic mass is 9.94. The van der Waals surface area contributed by atoms with Crippen molar-refractivity contribution >= 4 is 17.7 Å². The number of ether oxygens (including phenoxy) is 1. The number of para-hydroxylation sites is 1. The fourth-order valence-electron chi connectivity index (χ4n) is 3.91. The van der Waals surface area contributed by atoms with Crippen LogP contribution in [0, 0.1) is 0 Å². The highest BCUT2D eigenvalue weighted by atomic mass is 32.2. The average Bonchev–Trinajstić information content (AvgIpc) is 3.09. The van der Waals surface area contributed by atoms with Crippen molar-refractivity contribution in [2.24, 2.45) is 7.05 Å². The zero-order chi connectivity index (χ0) is 20.1. The van der Waals surface area contributed by atoms with Crippen LogP contribution in [0.15, 0.2) is 29.4 Å². The summed E-state index contributed by atoms with van der Waals surface area (Å²) in [5.74, 6) is 1.69. The van der Waals surface area contributed by atoms with Gasteiger partial charge in [-0.25, -0.2) is 0 Å². The van der Waals surface area contributed by atoms with E-state index in [0.717, 1.165) is 41.7 Å². The number of benzene rings is 1. The van der Waals surface area contributed by atoms with Gasteiger partial charge in [0, 0.05) is 19.6 Å². The summed E-state index contributed by atoms with van der Waals surface area (Å²) in [5, 5.41) is 9.22. The molecule has 1 aromatic carbocycles. The molecule has 0 bridgehead atoms. The van der Waals surface area contributed by atoms with Gasteiger partial charge in [-0.15, -0.1) is 10.2 Å². The van der Waals surface area contributed by atoms with E-state index in [4.69, 9.17) is 4.74 Å². The first-order valence-corrected chi connectivity index (χ1v) is 10.9. The minimum atomic E-state index is -0.199. The van der Waals surface area contributed by atoms with Gasteiger partial charge in [0.25, 0.3) is 0 Å². The summed E-state index contributed by atoms with van der Waals surface area (Å²) < 4.78 is 7.38. The molecule has 1 saturated carbocycles. The van der Waals surface area contributed by atoms with Crippen molar-refractivity contribution in [3.8, 4) is 17.1 Å². The van der Waals surface area contributed by atoms with Crippen molar-refractivity contribution in [3.05, 3.63) is 24.3 Å². The first-order chi connectivity index (χ1) is 13.6. The van der Waals surface area contributed by atoms with Crippen molar-refractivity contribution in [1.82, 2.24) is 19.7 Å². The van der Waals surface area contributed by atoms with E-state index in [2.05, 4.69) is 22.0 Å². The summed E-state index contributed by atoms with van der Waals surface area (Å²) in [6.45, 7) is 4.81. The molecule has 152 valence electrons. The second kappa shape index (κ2) is 9.45. The fraction of sp³-hybridized carbons (Fsp3) is 0.571. The molecule has 1 atom stereocenters. The molecule has 1 aromatic heterocycles. The monoisotopic (exact) mass is 402 g/mol. The van der Waals surface area contributed by atoms with Crippen LogP contribution in [0.4, 0.5) is 0 Å². The van der Waals surface area contributed by atoms with E-state index in [0.29, 0.717) is 6.04 Å². The molecule has 1 aliphatic carbocycles. The third kappa shape index (κ3) is 4.35. The van der Waals surface area contributed by atoms with Gasteiger partial charge in [-0.3, -0.25) is 4.79 Å². The van der Waals surface area contributed by atoms with E-state index in [9.17, 15) is 4.79 Å². The molecule has 3 rings (SSSR count). The Morgan fingerprint density at radius 3 is 2.68 bits per heavy atom. The molecule has 1 unspecified atom stereocenters. The quantitative estimate of drug-likeness (QED) is 0.651. The van der Waals surface area contributed by atoms with Crippen molar-refractivity contribution in [1.29, 1.82) is 0 Å². The molecule has 1 aliphatic rings. The maximum absolute atomic E-state index is 13.1. The first-order valence-electron chi connectivity index (χ1n) is 10.1. The number of hydrogen-bond acceptors (Lipinski definition) is 5. The van der Waals surface area contributed by atoms with Gasteiger partial charge in [0.2, 0.25) is 5.91 Å². The minimum Gasteiger partial charge on any atom is -0.496 e. The largest absolute Gasteiger partial charge is 0.496 e. The smallest absolute Gasteiger partial charge is 0.236 e. The molecule has 0 saturated heterocycles. The summed E-state index contributed by atoms with van der Waals surface area (Å²) in [7, 11) is 3.58. The van der Waals surface area contributed by atoms with Gasteiger partial charge in [0.15, 0.2) is 11.0 Å². The molecule has 1 amide bonds.